The number of benzene rings is 1. The number of nitrogens with zero attached hydrogens (tertiary/aromatic N) is 3. The molecule has 0 aliphatic carbocycles. The van der Waals surface area contributed by atoms with E-state index in [-0.39, 0.29) is 5.82 Å². The first kappa shape index (κ1) is 13.2. The van der Waals surface area contributed by atoms with Crippen LogP contribution in [0.1, 0.15) is 16.8 Å². The first-order chi connectivity index (χ1) is 9.17. The SMILES string of the molecule is Cn1ccc(CCNCc2cc(F)cc(C#N)c2)n1. The van der Waals surface area contributed by atoms with E-state index in [4.69, 9.17) is 5.26 Å². The summed E-state index contributed by atoms with van der Waals surface area (Å²) in [5.41, 5.74) is 2.14. The maximum atomic E-state index is 13.2. The quantitative estimate of drug-likeness (QED) is 0.831. The van der Waals surface area contributed by atoms with Gasteiger partial charge >= 0.3 is 0 Å². The van der Waals surface area contributed by atoms with Crippen LogP contribution in [0.4, 0.5) is 4.39 Å². The predicted octanol–water partition coefficient (Wildman–Crippen LogP) is 1.76. The normalized spacial score (nSPS) is 10.4. The summed E-state index contributed by atoms with van der Waals surface area (Å²) in [5.74, 6) is -0.374. The van der Waals surface area contributed by atoms with Gasteiger partial charge in [0.2, 0.25) is 0 Å². The molecular formula is C14H15FN4. The van der Waals surface area contributed by atoms with Gasteiger partial charge in [-0.05, 0) is 29.8 Å². The van der Waals surface area contributed by atoms with E-state index in [9.17, 15) is 4.39 Å². The molecule has 0 bridgehead atoms. The van der Waals surface area contributed by atoms with E-state index < -0.39 is 0 Å². The number of hydrogen-bond acceptors (Lipinski definition) is 3. The fourth-order valence-corrected chi connectivity index (χ4v) is 1.86. The number of hydrogen-bond donors (Lipinski definition) is 1. The molecule has 1 N–H and O–H groups in total. The topological polar surface area (TPSA) is 53.6 Å². The van der Waals surface area contributed by atoms with Gasteiger partial charge in [-0.2, -0.15) is 10.4 Å². The Hall–Kier alpha value is -2.19. The Morgan fingerprint density at radius 1 is 1.42 bits per heavy atom. The zero-order chi connectivity index (χ0) is 13.7. The summed E-state index contributed by atoms with van der Waals surface area (Å²) >= 11 is 0. The molecule has 1 heterocycles. The molecule has 19 heavy (non-hydrogen) atoms. The van der Waals surface area contributed by atoms with Gasteiger partial charge in [-0.3, -0.25) is 4.68 Å². The van der Waals surface area contributed by atoms with Crippen molar-refractivity contribution in [1.29, 1.82) is 5.26 Å². The van der Waals surface area contributed by atoms with Gasteiger partial charge in [0.25, 0.3) is 0 Å². The molecule has 5 heteroatoms. The van der Waals surface area contributed by atoms with Crippen LogP contribution in [-0.2, 0) is 20.0 Å². The average Bonchev–Trinajstić information content (AvgIpc) is 2.80. The summed E-state index contributed by atoms with van der Waals surface area (Å²) in [6.45, 7) is 1.30. The lowest BCUT2D eigenvalue weighted by Crippen LogP contribution is -2.17. The van der Waals surface area contributed by atoms with Crippen molar-refractivity contribution >= 4 is 0 Å². The van der Waals surface area contributed by atoms with Crippen LogP contribution < -0.4 is 5.32 Å². The molecule has 0 aliphatic heterocycles. The summed E-state index contributed by atoms with van der Waals surface area (Å²) < 4.78 is 15.0. The zero-order valence-corrected chi connectivity index (χ0v) is 10.7. The van der Waals surface area contributed by atoms with E-state index in [1.165, 1.54) is 12.1 Å². The lowest BCUT2D eigenvalue weighted by molar-refractivity contribution is 0.618. The van der Waals surface area contributed by atoms with Crippen LogP contribution in [0.3, 0.4) is 0 Å². The lowest BCUT2D eigenvalue weighted by Gasteiger charge is -2.04. The predicted molar refractivity (Wildman–Crippen MR) is 69.7 cm³/mol. The number of halogens is 1. The van der Waals surface area contributed by atoms with Gasteiger partial charge in [0.1, 0.15) is 5.82 Å². The van der Waals surface area contributed by atoms with Crippen LogP contribution >= 0.6 is 0 Å². The van der Waals surface area contributed by atoms with Crippen LogP contribution in [0.2, 0.25) is 0 Å². The molecule has 0 fully saturated rings. The molecular weight excluding hydrogens is 243 g/mol. The molecule has 0 saturated carbocycles. The monoisotopic (exact) mass is 258 g/mol. The Balaban J connectivity index is 1.83. The third-order valence-corrected chi connectivity index (χ3v) is 2.74. The van der Waals surface area contributed by atoms with Crippen molar-refractivity contribution in [2.75, 3.05) is 6.54 Å². The van der Waals surface area contributed by atoms with Crippen LogP contribution in [0.5, 0.6) is 0 Å². The number of nitrogens with one attached hydrogen (secondary N) is 1. The van der Waals surface area contributed by atoms with E-state index in [2.05, 4.69) is 10.4 Å². The van der Waals surface area contributed by atoms with Gasteiger partial charge in [-0.15, -0.1) is 0 Å². The molecule has 98 valence electrons. The highest BCUT2D eigenvalue weighted by Gasteiger charge is 2.01. The smallest absolute Gasteiger partial charge is 0.124 e. The number of aryl methyl sites for hydroxylation is 1. The zero-order valence-electron chi connectivity index (χ0n) is 10.7. The van der Waals surface area contributed by atoms with Gasteiger partial charge in [0.15, 0.2) is 0 Å². The highest BCUT2D eigenvalue weighted by Crippen LogP contribution is 2.08. The highest BCUT2D eigenvalue weighted by molar-refractivity contribution is 5.33. The number of rotatable bonds is 5. The Morgan fingerprint density at radius 3 is 2.95 bits per heavy atom. The van der Waals surface area contributed by atoms with Gasteiger partial charge in [-0.1, -0.05) is 0 Å². The van der Waals surface area contributed by atoms with E-state index >= 15 is 0 Å². The maximum absolute atomic E-state index is 13.2. The van der Waals surface area contributed by atoms with Crippen LogP contribution in [-0.4, -0.2) is 16.3 Å². The molecule has 0 atom stereocenters. The Bertz CT molecular complexity index is 598. The third kappa shape index (κ3) is 3.90. The van der Waals surface area contributed by atoms with E-state index in [1.807, 2.05) is 25.4 Å². The van der Waals surface area contributed by atoms with Crippen molar-refractivity contribution < 1.29 is 4.39 Å². The molecule has 0 amide bonds. The molecule has 2 rings (SSSR count). The summed E-state index contributed by atoms with van der Waals surface area (Å²) in [7, 11) is 1.88. The van der Waals surface area contributed by atoms with Crippen molar-refractivity contribution in [2.24, 2.45) is 7.05 Å². The van der Waals surface area contributed by atoms with Gasteiger partial charge in [-0.25, -0.2) is 4.39 Å². The van der Waals surface area contributed by atoms with Crippen molar-refractivity contribution in [3.63, 3.8) is 0 Å². The molecule has 0 saturated heterocycles. The van der Waals surface area contributed by atoms with Gasteiger partial charge < -0.3 is 5.32 Å². The largest absolute Gasteiger partial charge is 0.312 e. The van der Waals surface area contributed by atoms with Crippen molar-refractivity contribution in [3.05, 3.63) is 53.1 Å². The molecule has 1 aromatic carbocycles. The Kier molecular flexibility index (Phi) is 4.26. The van der Waals surface area contributed by atoms with Crippen molar-refractivity contribution in [2.45, 2.75) is 13.0 Å². The second-order valence-corrected chi connectivity index (χ2v) is 4.37. The number of aromatic nitrogens is 2. The highest BCUT2D eigenvalue weighted by atomic mass is 19.1. The molecule has 2 aromatic rings. The summed E-state index contributed by atoms with van der Waals surface area (Å²) in [6.07, 6.45) is 2.72. The summed E-state index contributed by atoms with van der Waals surface area (Å²) in [6, 6.07) is 8.28. The average molecular weight is 258 g/mol. The maximum Gasteiger partial charge on any atom is 0.124 e. The summed E-state index contributed by atoms with van der Waals surface area (Å²) in [4.78, 5) is 0. The summed E-state index contributed by atoms with van der Waals surface area (Å²) in [5, 5.41) is 16.2. The molecule has 4 nitrogen and oxygen atoms in total. The molecule has 0 radical (unpaired) electrons. The van der Waals surface area contributed by atoms with Gasteiger partial charge in [0.05, 0.1) is 17.3 Å². The fraction of sp³-hybridized carbons (Fsp3) is 0.286. The van der Waals surface area contributed by atoms with Crippen LogP contribution in [0.15, 0.2) is 30.5 Å². The molecule has 0 spiro atoms. The molecule has 1 aromatic heterocycles. The molecule has 0 unspecified atom stereocenters. The lowest BCUT2D eigenvalue weighted by atomic mass is 10.1. The van der Waals surface area contributed by atoms with E-state index in [0.29, 0.717) is 12.1 Å². The standard InChI is InChI=1S/C14H15FN4/c1-19-5-3-14(18-19)2-4-17-10-12-6-11(9-16)7-13(15)8-12/h3,5-8,17H,2,4,10H2,1H3. The Morgan fingerprint density at radius 2 is 2.26 bits per heavy atom. The second kappa shape index (κ2) is 6.12. The second-order valence-electron chi connectivity index (χ2n) is 4.37. The first-order valence-corrected chi connectivity index (χ1v) is 6.06. The third-order valence-electron chi connectivity index (χ3n) is 2.74. The molecule has 0 aliphatic rings. The minimum Gasteiger partial charge on any atom is -0.312 e. The Labute approximate surface area is 111 Å². The van der Waals surface area contributed by atoms with E-state index in [1.54, 1.807) is 10.7 Å². The van der Waals surface area contributed by atoms with Crippen LogP contribution in [0, 0.1) is 17.1 Å². The fourth-order valence-electron chi connectivity index (χ4n) is 1.86. The minimum atomic E-state index is -0.374. The van der Waals surface area contributed by atoms with Crippen LogP contribution in [0.25, 0.3) is 0 Å². The minimum absolute atomic E-state index is 0.349. The van der Waals surface area contributed by atoms with E-state index in [0.717, 1.165) is 24.2 Å². The first-order valence-electron chi connectivity index (χ1n) is 6.06. The van der Waals surface area contributed by atoms with Crippen molar-refractivity contribution in [1.82, 2.24) is 15.1 Å². The van der Waals surface area contributed by atoms with Crippen molar-refractivity contribution in [3.8, 4) is 6.07 Å². The number of nitriles is 1. The van der Waals surface area contributed by atoms with Gasteiger partial charge in [0, 0.05) is 32.8 Å².